The van der Waals surface area contributed by atoms with E-state index in [0.29, 0.717) is 54.6 Å². The number of sulfonamides is 1. The average Bonchev–Trinajstić information content (AvgIpc) is 2.89. The van der Waals surface area contributed by atoms with Gasteiger partial charge in [0.25, 0.3) is 0 Å². The van der Waals surface area contributed by atoms with Crippen LogP contribution in [-0.4, -0.2) is 54.9 Å². The Morgan fingerprint density at radius 2 is 1.92 bits per heavy atom. The van der Waals surface area contributed by atoms with Crippen LogP contribution in [0.25, 0.3) is 11.3 Å². The average molecular weight is 530 g/mol. The van der Waals surface area contributed by atoms with E-state index >= 15 is 4.39 Å². The summed E-state index contributed by atoms with van der Waals surface area (Å²) in [6, 6.07) is 6.53. The van der Waals surface area contributed by atoms with E-state index in [1.54, 1.807) is 18.2 Å². The molecule has 3 aromatic rings. The smallest absolute Gasteiger partial charge is 0.235 e. The van der Waals surface area contributed by atoms with E-state index in [-0.39, 0.29) is 29.7 Å². The Balaban J connectivity index is 1.42. The van der Waals surface area contributed by atoms with Gasteiger partial charge in [-0.15, -0.1) is 0 Å². The second-order valence-electron chi connectivity index (χ2n) is 9.37. The standard InChI is InChI=1S/C26H29F2N5O3S/c1-3-17(2)32-9-10-36-26-21(27)12-18(13-23(26)32)25-22(28)16-30-24(31-25)14-19-6-7-20(15-29-19)33-8-4-5-11-37(33,34)35/h6-7,12-13,15-17H,3-5,8-11,14H2,1-2H3. The fourth-order valence-electron chi connectivity index (χ4n) is 4.72. The molecule has 1 saturated heterocycles. The van der Waals surface area contributed by atoms with Crippen LogP contribution < -0.4 is 13.9 Å². The number of aromatic nitrogens is 3. The summed E-state index contributed by atoms with van der Waals surface area (Å²) >= 11 is 0. The minimum atomic E-state index is -3.33. The number of rotatable bonds is 6. The monoisotopic (exact) mass is 529 g/mol. The summed E-state index contributed by atoms with van der Waals surface area (Å²) in [5.74, 6) is -0.607. The molecule has 0 radical (unpaired) electrons. The van der Waals surface area contributed by atoms with Crippen molar-refractivity contribution in [3.8, 4) is 17.0 Å². The fraction of sp³-hybridized carbons (Fsp3) is 0.423. The van der Waals surface area contributed by atoms with Crippen LogP contribution in [0.15, 0.2) is 36.7 Å². The number of hydrogen-bond acceptors (Lipinski definition) is 7. The molecule has 2 aliphatic rings. The maximum atomic E-state index is 15.0. The summed E-state index contributed by atoms with van der Waals surface area (Å²) in [6.45, 7) is 5.55. The van der Waals surface area contributed by atoms with Crippen molar-refractivity contribution in [1.29, 1.82) is 0 Å². The van der Waals surface area contributed by atoms with Crippen molar-refractivity contribution in [2.24, 2.45) is 0 Å². The van der Waals surface area contributed by atoms with Crippen molar-refractivity contribution >= 4 is 21.4 Å². The molecular formula is C26H29F2N5O3S. The molecule has 1 atom stereocenters. The maximum Gasteiger partial charge on any atom is 0.235 e. The van der Waals surface area contributed by atoms with Crippen LogP contribution in [0, 0.1) is 11.6 Å². The molecule has 196 valence electrons. The zero-order chi connectivity index (χ0) is 26.2. The lowest BCUT2D eigenvalue weighted by molar-refractivity contribution is 0.285. The number of nitrogens with zero attached hydrogens (tertiary/aromatic N) is 5. The highest BCUT2D eigenvalue weighted by molar-refractivity contribution is 7.92. The zero-order valence-corrected chi connectivity index (χ0v) is 21.6. The van der Waals surface area contributed by atoms with Crippen molar-refractivity contribution in [3.63, 3.8) is 0 Å². The van der Waals surface area contributed by atoms with E-state index in [1.807, 2.05) is 0 Å². The van der Waals surface area contributed by atoms with E-state index < -0.39 is 21.7 Å². The van der Waals surface area contributed by atoms with Crippen molar-refractivity contribution in [2.45, 2.75) is 45.6 Å². The van der Waals surface area contributed by atoms with Gasteiger partial charge < -0.3 is 9.64 Å². The van der Waals surface area contributed by atoms with E-state index in [2.05, 4.69) is 33.7 Å². The minimum absolute atomic E-state index is 0.00240. The topological polar surface area (TPSA) is 88.5 Å². The highest BCUT2D eigenvalue weighted by Crippen LogP contribution is 2.39. The number of fused-ring (bicyclic) bond motifs is 1. The SMILES string of the molecule is CCC(C)N1CCOc2c(F)cc(-c3nc(Cc4ccc(N5CCCCS5(=O)=O)cn4)ncc3F)cc21. The predicted octanol–water partition coefficient (Wildman–Crippen LogP) is 4.33. The van der Waals surface area contributed by atoms with Gasteiger partial charge >= 0.3 is 0 Å². The van der Waals surface area contributed by atoms with E-state index in [1.165, 1.54) is 16.6 Å². The molecule has 0 N–H and O–H groups in total. The Bertz CT molecular complexity index is 1400. The third kappa shape index (κ3) is 5.09. The van der Waals surface area contributed by atoms with Gasteiger partial charge in [-0.2, -0.15) is 0 Å². The van der Waals surface area contributed by atoms with Crippen LogP contribution in [0.4, 0.5) is 20.2 Å². The van der Waals surface area contributed by atoms with Gasteiger partial charge in [-0.1, -0.05) is 6.92 Å². The largest absolute Gasteiger partial charge is 0.486 e. The van der Waals surface area contributed by atoms with Crippen LogP contribution in [0.2, 0.25) is 0 Å². The molecule has 1 fully saturated rings. The highest BCUT2D eigenvalue weighted by Gasteiger charge is 2.27. The second kappa shape index (κ2) is 10.2. The van der Waals surface area contributed by atoms with Crippen LogP contribution >= 0.6 is 0 Å². The molecule has 2 aromatic heterocycles. The molecule has 0 aliphatic carbocycles. The Hall–Kier alpha value is -3.34. The number of pyridine rings is 1. The molecule has 4 heterocycles. The number of ether oxygens (including phenoxy) is 1. The fourth-order valence-corrected chi connectivity index (χ4v) is 6.34. The number of benzene rings is 1. The van der Waals surface area contributed by atoms with Crippen LogP contribution in [0.3, 0.4) is 0 Å². The first kappa shape index (κ1) is 25.3. The van der Waals surface area contributed by atoms with Gasteiger partial charge in [-0.05, 0) is 50.5 Å². The van der Waals surface area contributed by atoms with E-state index in [4.69, 9.17) is 4.74 Å². The normalized spacial score (nSPS) is 17.7. The molecule has 11 heteroatoms. The Morgan fingerprint density at radius 1 is 1.08 bits per heavy atom. The molecule has 0 saturated carbocycles. The summed E-state index contributed by atoms with van der Waals surface area (Å²) < 4.78 is 61.5. The van der Waals surface area contributed by atoms with Crippen molar-refractivity contribution in [2.75, 3.05) is 34.7 Å². The molecule has 8 nitrogen and oxygen atoms in total. The predicted molar refractivity (Wildman–Crippen MR) is 137 cm³/mol. The van der Waals surface area contributed by atoms with E-state index in [0.717, 1.165) is 19.0 Å². The quantitative estimate of drug-likeness (QED) is 0.470. The number of anilines is 2. The lowest BCUT2D eigenvalue weighted by Gasteiger charge is -2.36. The number of hydrogen-bond donors (Lipinski definition) is 0. The van der Waals surface area contributed by atoms with Crippen LogP contribution in [0.1, 0.15) is 44.6 Å². The summed E-state index contributed by atoms with van der Waals surface area (Å²) in [7, 11) is -3.33. The van der Waals surface area contributed by atoms with Gasteiger partial charge in [0, 0.05) is 23.8 Å². The van der Waals surface area contributed by atoms with Gasteiger partial charge in [0.2, 0.25) is 10.0 Å². The first-order valence-corrected chi connectivity index (χ1v) is 14.1. The van der Waals surface area contributed by atoms with Gasteiger partial charge in [0.1, 0.15) is 18.1 Å². The van der Waals surface area contributed by atoms with Crippen molar-refractivity contribution < 1.29 is 21.9 Å². The summed E-state index contributed by atoms with van der Waals surface area (Å²) in [5.41, 5.74) is 2.00. The molecule has 0 amide bonds. The second-order valence-corrected chi connectivity index (χ2v) is 11.4. The molecule has 0 bridgehead atoms. The molecule has 1 aromatic carbocycles. The third-order valence-electron chi connectivity index (χ3n) is 6.89. The molecular weight excluding hydrogens is 500 g/mol. The zero-order valence-electron chi connectivity index (χ0n) is 20.8. The first-order chi connectivity index (χ1) is 17.8. The lowest BCUT2D eigenvalue weighted by Crippen LogP contribution is -2.39. The van der Waals surface area contributed by atoms with Gasteiger partial charge in [-0.25, -0.2) is 27.2 Å². The molecule has 5 rings (SSSR count). The summed E-state index contributed by atoms with van der Waals surface area (Å²) in [5, 5.41) is 0. The summed E-state index contributed by atoms with van der Waals surface area (Å²) in [4.78, 5) is 15.0. The van der Waals surface area contributed by atoms with Crippen LogP contribution in [0.5, 0.6) is 5.75 Å². The molecule has 2 aliphatic heterocycles. The minimum Gasteiger partial charge on any atom is -0.486 e. The molecule has 1 unspecified atom stereocenters. The van der Waals surface area contributed by atoms with Crippen LogP contribution in [-0.2, 0) is 16.4 Å². The summed E-state index contributed by atoms with van der Waals surface area (Å²) in [6.07, 6.45) is 5.13. The van der Waals surface area contributed by atoms with Gasteiger partial charge in [-0.3, -0.25) is 9.29 Å². The molecule has 37 heavy (non-hydrogen) atoms. The number of halogens is 2. The first-order valence-electron chi connectivity index (χ1n) is 12.5. The highest BCUT2D eigenvalue weighted by atomic mass is 32.2. The lowest BCUT2D eigenvalue weighted by atomic mass is 10.1. The Kier molecular flexibility index (Phi) is 6.98. The third-order valence-corrected chi connectivity index (χ3v) is 8.76. The maximum absolute atomic E-state index is 15.0. The van der Waals surface area contributed by atoms with Crippen molar-refractivity contribution in [1.82, 2.24) is 15.0 Å². The van der Waals surface area contributed by atoms with Crippen molar-refractivity contribution in [3.05, 3.63) is 59.8 Å². The molecule has 0 spiro atoms. The van der Waals surface area contributed by atoms with Gasteiger partial charge in [0.05, 0.1) is 42.5 Å². The Morgan fingerprint density at radius 3 is 2.65 bits per heavy atom. The van der Waals surface area contributed by atoms with E-state index in [9.17, 15) is 12.8 Å². The van der Waals surface area contributed by atoms with Gasteiger partial charge in [0.15, 0.2) is 17.4 Å². The Labute approximate surface area is 215 Å².